The van der Waals surface area contributed by atoms with Crippen molar-refractivity contribution in [1.29, 1.82) is 0 Å². The number of fused-ring (bicyclic) bond motifs is 1. The molecule has 2 aromatic rings. The van der Waals surface area contributed by atoms with E-state index in [1.165, 1.54) is 22.2 Å². The maximum Gasteiger partial charge on any atom is 0.0569 e. The van der Waals surface area contributed by atoms with Crippen LogP contribution in [0.4, 0.5) is 0 Å². The standard InChI is InChI=1S/C11H11BrClN/c1-6-7(2)14(3)11-5-10(13)9(12)4-8(6)11/h4-5H,1-3H3. The Bertz CT molecular complexity index is 469. The van der Waals surface area contributed by atoms with Crippen LogP contribution < -0.4 is 0 Å². The molecule has 0 amide bonds. The summed E-state index contributed by atoms with van der Waals surface area (Å²) in [7, 11) is 2.06. The van der Waals surface area contributed by atoms with Gasteiger partial charge >= 0.3 is 0 Å². The number of benzene rings is 1. The second kappa shape index (κ2) is 3.28. The zero-order valence-electron chi connectivity index (χ0n) is 8.36. The van der Waals surface area contributed by atoms with Crippen molar-refractivity contribution in [3.8, 4) is 0 Å². The van der Waals surface area contributed by atoms with E-state index in [9.17, 15) is 0 Å². The Morgan fingerprint density at radius 1 is 1.29 bits per heavy atom. The Labute approximate surface area is 96.8 Å². The van der Waals surface area contributed by atoms with Gasteiger partial charge in [0.2, 0.25) is 0 Å². The van der Waals surface area contributed by atoms with Gasteiger partial charge in [-0.25, -0.2) is 0 Å². The molecule has 0 saturated heterocycles. The Kier molecular flexibility index (Phi) is 2.36. The molecule has 0 aliphatic carbocycles. The first kappa shape index (κ1) is 10.1. The lowest BCUT2D eigenvalue weighted by molar-refractivity contribution is 0.910. The lowest BCUT2D eigenvalue weighted by Gasteiger charge is -2.00. The maximum atomic E-state index is 6.06. The molecule has 0 fully saturated rings. The highest BCUT2D eigenvalue weighted by Crippen LogP contribution is 2.32. The van der Waals surface area contributed by atoms with E-state index in [0.29, 0.717) is 0 Å². The van der Waals surface area contributed by atoms with Crippen molar-refractivity contribution in [2.75, 3.05) is 0 Å². The second-order valence-electron chi connectivity index (χ2n) is 3.55. The van der Waals surface area contributed by atoms with E-state index in [2.05, 4.69) is 47.5 Å². The van der Waals surface area contributed by atoms with Crippen LogP contribution in [0.25, 0.3) is 10.9 Å². The molecular formula is C11H11BrClN. The van der Waals surface area contributed by atoms with Crippen molar-refractivity contribution < 1.29 is 0 Å². The number of halogens is 2. The summed E-state index contributed by atoms with van der Waals surface area (Å²) >= 11 is 9.50. The minimum atomic E-state index is 0.762. The second-order valence-corrected chi connectivity index (χ2v) is 4.81. The van der Waals surface area contributed by atoms with E-state index in [4.69, 9.17) is 11.6 Å². The molecule has 2 rings (SSSR count). The average molecular weight is 273 g/mol. The number of nitrogens with zero attached hydrogens (tertiary/aromatic N) is 1. The molecule has 0 aliphatic rings. The first-order valence-corrected chi connectivity index (χ1v) is 5.60. The number of aryl methyl sites for hydroxylation is 2. The lowest BCUT2D eigenvalue weighted by atomic mass is 10.2. The SMILES string of the molecule is Cc1c(C)n(C)c2cc(Cl)c(Br)cc12. The van der Waals surface area contributed by atoms with E-state index in [1.54, 1.807) is 0 Å². The van der Waals surface area contributed by atoms with Gasteiger partial charge < -0.3 is 4.57 Å². The molecular weight excluding hydrogens is 261 g/mol. The predicted molar refractivity (Wildman–Crippen MR) is 65.1 cm³/mol. The summed E-state index contributed by atoms with van der Waals surface area (Å²) in [6.45, 7) is 4.26. The van der Waals surface area contributed by atoms with Crippen LogP contribution in [-0.2, 0) is 7.05 Å². The fraction of sp³-hybridized carbons (Fsp3) is 0.273. The van der Waals surface area contributed by atoms with Crippen molar-refractivity contribution in [2.24, 2.45) is 7.05 Å². The summed E-state index contributed by atoms with van der Waals surface area (Å²) < 4.78 is 3.13. The summed E-state index contributed by atoms with van der Waals surface area (Å²) in [6.07, 6.45) is 0. The molecule has 1 heterocycles. The number of aromatic nitrogens is 1. The predicted octanol–water partition coefficient (Wildman–Crippen LogP) is 4.21. The van der Waals surface area contributed by atoms with Crippen molar-refractivity contribution in [3.05, 3.63) is 32.9 Å². The maximum absolute atomic E-state index is 6.06. The lowest BCUT2D eigenvalue weighted by Crippen LogP contribution is -1.89. The molecule has 74 valence electrons. The Morgan fingerprint density at radius 3 is 2.57 bits per heavy atom. The van der Waals surface area contributed by atoms with Gasteiger partial charge in [0.15, 0.2) is 0 Å². The largest absolute Gasteiger partial charge is 0.348 e. The van der Waals surface area contributed by atoms with Gasteiger partial charge in [0.1, 0.15) is 0 Å². The zero-order chi connectivity index (χ0) is 10.5. The van der Waals surface area contributed by atoms with E-state index < -0.39 is 0 Å². The van der Waals surface area contributed by atoms with Crippen LogP contribution in [0.15, 0.2) is 16.6 Å². The van der Waals surface area contributed by atoms with Crippen LogP contribution in [0.2, 0.25) is 5.02 Å². The van der Waals surface area contributed by atoms with E-state index >= 15 is 0 Å². The highest BCUT2D eigenvalue weighted by molar-refractivity contribution is 9.10. The zero-order valence-corrected chi connectivity index (χ0v) is 10.7. The third-order valence-corrected chi connectivity index (χ3v) is 4.05. The van der Waals surface area contributed by atoms with Crippen LogP contribution in [0.3, 0.4) is 0 Å². The van der Waals surface area contributed by atoms with Gasteiger partial charge in [-0.3, -0.25) is 0 Å². The molecule has 14 heavy (non-hydrogen) atoms. The summed E-state index contributed by atoms with van der Waals surface area (Å²) in [4.78, 5) is 0. The van der Waals surface area contributed by atoms with Crippen molar-refractivity contribution in [3.63, 3.8) is 0 Å². The normalized spacial score (nSPS) is 11.2. The number of hydrogen-bond donors (Lipinski definition) is 0. The Balaban J connectivity index is 2.96. The fourth-order valence-electron chi connectivity index (χ4n) is 1.74. The van der Waals surface area contributed by atoms with Gasteiger partial charge in [-0.05, 0) is 47.5 Å². The molecule has 0 aliphatic heterocycles. The molecule has 1 aromatic carbocycles. The van der Waals surface area contributed by atoms with Crippen LogP contribution >= 0.6 is 27.5 Å². The third-order valence-electron chi connectivity index (χ3n) is 2.85. The van der Waals surface area contributed by atoms with Crippen LogP contribution in [0.1, 0.15) is 11.3 Å². The first-order chi connectivity index (χ1) is 6.52. The van der Waals surface area contributed by atoms with E-state index in [1.807, 2.05) is 6.07 Å². The molecule has 1 nitrogen and oxygen atoms in total. The van der Waals surface area contributed by atoms with Crippen LogP contribution in [-0.4, -0.2) is 4.57 Å². The minimum absolute atomic E-state index is 0.762. The van der Waals surface area contributed by atoms with Gasteiger partial charge in [0.05, 0.1) is 5.02 Å². The number of hydrogen-bond acceptors (Lipinski definition) is 0. The Morgan fingerprint density at radius 2 is 1.93 bits per heavy atom. The minimum Gasteiger partial charge on any atom is -0.348 e. The molecule has 0 radical (unpaired) electrons. The number of rotatable bonds is 0. The Hall–Kier alpha value is -0.470. The van der Waals surface area contributed by atoms with Crippen molar-refractivity contribution in [1.82, 2.24) is 4.57 Å². The van der Waals surface area contributed by atoms with Gasteiger partial charge in [0.25, 0.3) is 0 Å². The molecule has 0 bridgehead atoms. The summed E-state index contributed by atoms with van der Waals surface area (Å²) in [5, 5.41) is 2.03. The van der Waals surface area contributed by atoms with Gasteiger partial charge in [-0.15, -0.1) is 0 Å². The first-order valence-electron chi connectivity index (χ1n) is 4.43. The van der Waals surface area contributed by atoms with Crippen LogP contribution in [0.5, 0.6) is 0 Å². The van der Waals surface area contributed by atoms with Crippen molar-refractivity contribution in [2.45, 2.75) is 13.8 Å². The molecule has 0 saturated carbocycles. The van der Waals surface area contributed by atoms with E-state index in [0.717, 1.165) is 9.50 Å². The van der Waals surface area contributed by atoms with Gasteiger partial charge in [0, 0.05) is 28.1 Å². The molecule has 0 atom stereocenters. The average Bonchev–Trinajstić information content (AvgIpc) is 2.34. The molecule has 3 heteroatoms. The smallest absolute Gasteiger partial charge is 0.0569 e. The summed E-state index contributed by atoms with van der Waals surface area (Å²) in [5.74, 6) is 0. The fourth-order valence-corrected chi connectivity index (χ4v) is 2.24. The van der Waals surface area contributed by atoms with Gasteiger partial charge in [-0.2, -0.15) is 0 Å². The quantitative estimate of drug-likeness (QED) is 0.677. The van der Waals surface area contributed by atoms with Gasteiger partial charge in [-0.1, -0.05) is 11.6 Å². The topological polar surface area (TPSA) is 4.93 Å². The molecule has 0 unspecified atom stereocenters. The third kappa shape index (κ3) is 1.29. The van der Waals surface area contributed by atoms with Crippen molar-refractivity contribution >= 4 is 38.4 Å². The molecule has 0 N–H and O–H groups in total. The highest BCUT2D eigenvalue weighted by atomic mass is 79.9. The summed E-state index contributed by atoms with van der Waals surface area (Å²) in [6, 6.07) is 4.08. The highest BCUT2D eigenvalue weighted by Gasteiger charge is 2.10. The monoisotopic (exact) mass is 271 g/mol. The molecule has 0 spiro atoms. The summed E-state index contributed by atoms with van der Waals surface area (Å²) in [5.41, 5.74) is 3.79. The molecule has 1 aromatic heterocycles. The van der Waals surface area contributed by atoms with Crippen LogP contribution in [0, 0.1) is 13.8 Å². The van der Waals surface area contributed by atoms with E-state index in [-0.39, 0.29) is 0 Å².